The van der Waals surface area contributed by atoms with Crippen molar-refractivity contribution in [2.75, 3.05) is 13.1 Å². The molecule has 1 unspecified atom stereocenters. The van der Waals surface area contributed by atoms with Crippen molar-refractivity contribution < 1.29 is 4.79 Å². The lowest BCUT2D eigenvalue weighted by atomic mass is 9.99. The van der Waals surface area contributed by atoms with E-state index in [1.807, 2.05) is 0 Å². The molecule has 4 nitrogen and oxygen atoms in total. The van der Waals surface area contributed by atoms with Crippen LogP contribution in [0.25, 0.3) is 0 Å². The van der Waals surface area contributed by atoms with Crippen LogP contribution in [0, 0.1) is 6.92 Å². The van der Waals surface area contributed by atoms with Gasteiger partial charge in [-0.15, -0.1) is 0 Å². The first-order chi connectivity index (χ1) is 9.56. The Bertz CT molecular complexity index is 453. The Balaban J connectivity index is 1.80. The lowest BCUT2D eigenvalue weighted by molar-refractivity contribution is 0.183. The van der Waals surface area contributed by atoms with Crippen molar-refractivity contribution in [1.82, 2.24) is 10.2 Å². The molecule has 1 aliphatic rings. The molecule has 2 rings (SSSR count). The van der Waals surface area contributed by atoms with Crippen molar-refractivity contribution in [2.45, 2.75) is 45.2 Å². The topological polar surface area (TPSA) is 58.4 Å². The molecule has 1 fully saturated rings. The van der Waals surface area contributed by atoms with Gasteiger partial charge in [0.15, 0.2) is 0 Å². The molecule has 1 heterocycles. The highest BCUT2D eigenvalue weighted by atomic mass is 16.2. The molecule has 0 bridgehead atoms. The third kappa shape index (κ3) is 3.97. The van der Waals surface area contributed by atoms with Crippen molar-refractivity contribution in [3.8, 4) is 0 Å². The van der Waals surface area contributed by atoms with Crippen molar-refractivity contribution >= 4 is 6.03 Å². The molecule has 1 saturated heterocycles. The number of nitrogens with zero attached hydrogens (tertiary/aromatic N) is 1. The largest absolute Gasteiger partial charge is 0.351 e. The van der Waals surface area contributed by atoms with Crippen LogP contribution in [0.2, 0.25) is 0 Å². The summed E-state index contributed by atoms with van der Waals surface area (Å²) >= 11 is 0. The summed E-state index contributed by atoms with van der Waals surface area (Å²) in [5, 5.41) is 3.68. The summed E-state index contributed by atoms with van der Waals surface area (Å²) in [6.07, 6.45) is 3.02. The number of benzene rings is 1. The van der Waals surface area contributed by atoms with Crippen LogP contribution in [0.1, 0.15) is 30.9 Å². The second-order valence-corrected chi connectivity index (χ2v) is 5.80. The monoisotopic (exact) mass is 275 g/mol. The summed E-state index contributed by atoms with van der Waals surface area (Å²) in [5.74, 6) is 0. The minimum Gasteiger partial charge on any atom is -0.351 e. The van der Waals surface area contributed by atoms with E-state index in [1.54, 1.807) is 4.90 Å². The zero-order valence-corrected chi connectivity index (χ0v) is 12.4. The molecule has 0 saturated carbocycles. The van der Waals surface area contributed by atoms with Gasteiger partial charge in [0.05, 0.1) is 0 Å². The average Bonchev–Trinajstić information content (AvgIpc) is 2.42. The highest BCUT2D eigenvalue weighted by Gasteiger charge is 2.22. The summed E-state index contributed by atoms with van der Waals surface area (Å²) in [6, 6.07) is 9.18. The predicted molar refractivity (Wildman–Crippen MR) is 81.7 cm³/mol. The van der Waals surface area contributed by atoms with Gasteiger partial charge in [0.25, 0.3) is 0 Å². The predicted octanol–water partition coefficient (Wildman–Crippen LogP) is 2.06. The molecule has 0 aromatic heterocycles. The van der Waals surface area contributed by atoms with E-state index < -0.39 is 0 Å². The van der Waals surface area contributed by atoms with Gasteiger partial charge in [-0.25, -0.2) is 4.79 Å². The van der Waals surface area contributed by atoms with Gasteiger partial charge in [-0.1, -0.05) is 24.3 Å². The SMILES string of the molecule is Cc1ccccc1CC(C)NC1CCN(C(N)=O)CC1. The van der Waals surface area contributed by atoms with E-state index in [-0.39, 0.29) is 6.03 Å². The number of aryl methyl sites for hydroxylation is 1. The Kier molecular flexibility index (Phi) is 5.01. The number of primary amides is 1. The van der Waals surface area contributed by atoms with Crippen molar-refractivity contribution in [2.24, 2.45) is 5.73 Å². The van der Waals surface area contributed by atoms with Crippen LogP contribution in [-0.4, -0.2) is 36.1 Å². The molecule has 1 aliphatic heterocycles. The molecule has 3 N–H and O–H groups in total. The number of nitrogens with two attached hydrogens (primary N) is 1. The standard InChI is InChI=1S/C16H25N3O/c1-12-5-3-4-6-14(12)11-13(2)18-15-7-9-19(10-8-15)16(17)20/h3-6,13,15,18H,7-11H2,1-2H3,(H2,17,20). The van der Waals surface area contributed by atoms with Gasteiger partial charge in [-0.3, -0.25) is 0 Å². The fourth-order valence-electron chi connectivity index (χ4n) is 2.90. The van der Waals surface area contributed by atoms with Gasteiger partial charge in [0, 0.05) is 25.2 Å². The van der Waals surface area contributed by atoms with E-state index in [0.717, 1.165) is 32.4 Å². The fraction of sp³-hybridized carbons (Fsp3) is 0.562. The minimum atomic E-state index is -0.295. The maximum absolute atomic E-state index is 11.1. The first-order valence-electron chi connectivity index (χ1n) is 7.41. The molecule has 0 spiro atoms. The third-order valence-corrected chi connectivity index (χ3v) is 4.11. The Morgan fingerprint density at radius 3 is 2.65 bits per heavy atom. The first-order valence-corrected chi connectivity index (χ1v) is 7.41. The van der Waals surface area contributed by atoms with E-state index in [9.17, 15) is 4.79 Å². The number of rotatable bonds is 4. The van der Waals surface area contributed by atoms with Crippen LogP contribution in [0.5, 0.6) is 0 Å². The molecule has 0 aliphatic carbocycles. The van der Waals surface area contributed by atoms with Crippen LogP contribution < -0.4 is 11.1 Å². The zero-order chi connectivity index (χ0) is 14.5. The maximum atomic E-state index is 11.1. The average molecular weight is 275 g/mol. The number of amides is 2. The van der Waals surface area contributed by atoms with E-state index in [0.29, 0.717) is 12.1 Å². The Hall–Kier alpha value is -1.55. The lowest BCUT2D eigenvalue weighted by Crippen LogP contribution is -2.49. The number of carbonyl (C=O) groups excluding carboxylic acids is 1. The summed E-state index contributed by atoms with van der Waals surface area (Å²) in [7, 11) is 0. The van der Waals surface area contributed by atoms with E-state index in [1.165, 1.54) is 11.1 Å². The van der Waals surface area contributed by atoms with Crippen molar-refractivity contribution in [1.29, 1.82) is 0 Å². The van der Waals surface area contributed by atoms with Gasteiger partial charge in [0.1, 0.15) is 0 Å². The molecule has 20 heavy (non-hydrogen) atoms. The van der Waals surface area contributed by atoms with Gasteiger partial charge >= 0.3 is 6.03 Å². The molecule has 4 heteroatoms. The van der Waals surface area contributed by atoms with Crippen LogP contribution in [0.3, 0.4) is 0 Å². The van der Waals surface area contributed by atoms with E-state index in [2.05, 4.69) is 43.4 Å². The first kappa shape index (κ1) is 14.9. The summed E-state index contributed by atoms with van der Waals surface area (Å²) in [6.45, 7) is 5.93. The van der Waals surface area contributed by atoms with Gasteiger partial charge < -0.3 is 16.0 Å². The molecule has 0 radical (unpaired) electrons. The van der Waals surface area contributed by atoms with Gasteiger partial charge in [0.2, 0.25) is 0 Å². The quantitative estimate of drug-likeness (QED) is 0.883. The number of likely N-dealkylation sites (tertiary alicyclic amines) is 1. The number of hydrogen-bond acceptors (Lipinski definition) is 2. The van der Waals surface area contributed by atoms with Crippen LogP contribution in [0.15, 0.2) is 24.3 Å². The second-order valence-electron chi connectivity index (χ2n) is 5.80. The molecule has 1 aromatic rings. The van der Waals surface area contributed by atoms with Crippen molar-refractivity contribution in [3.05, 3.63) is 35.4 Å². The third-order valence-electron chi connectivity index (χ3n) is 4.11. The summed E-state index contributed by atoms with van der Waals surface area (Å²) in [5.41, 5.74) is 8.06. The highest BCUT2D eigenvalue weighted by Crippen LogP contribution is 2.13. The van der Waals surface area contributed by atoms with Crippen LogP contribution in [-0.2, 0) is 6.42 Å². The molecule has 2 amide bonds. The number of piperidine rings is 1. The number of carbonyl (C=O) groups is 1. The molecular weight excluding hydrogens is 250 g/mol. The summed E-state index contributed by atoms with van der Waals surface area (Å²) < 4.78 is 0. The minimum absolute atomic E-state index is 0.295. The van der Waals surface area contributed by atoms with Crippen LogP contribution in [0.4, 0.5) is 4.79 Å². The molecule has 110 valence electrons. The van der Waals surface area contributed by atoms with Gasteiger partial charge in [-0.2, -0.15) is 0 Å². The van der Waals surface area contributed by atoms with E-state index in [4.69, 9.17) is 5.73 Å². The Morgan fingerprint density at radius 2 is 2.05 bits per heavy atom. The molecule has 1 aromatic carbocycles. The Morgan fingerprint density at radius 1 is 1.40 bits per heavy atom. The van der Waals surface area contributed by atoms with Gasteiger partial charge in [-0.05, 0) is 44.2 Å². The zero-order valence-electron chi connectivity index (χ0n) is 12.4. The maximum Gasteiger partial charge on any atom is 0.314 e. The molecule has 1 atom stereocenters. The normalized spacial score (nSPS) is 18.0. The smallest absolute Gasteiger partial charge is 0.314 e. The Labute approximate surface area is 121 Å². The fourth-order valence-corrected chi connectivity index (χ4v) is 2.90. The van der Waals surface area contributed by atoms with E-state index >= 15 is 0 Å². The number of hydrogen-bond donors (Lipinski definition) is 2. The summed E-state index contributed by atoms with van der Waals surface area (Å²) in [4.78, 5) is 12.8. The van der Waals surface area contributed by atoms with Crippen molar-refractivity contribution in [3.63, 3.8) is 0 Å². The number of nitrogens with one attached hydrogen (secondary N) is 1. The highest BCUT2D eigenvalue weighted by molar-refractivity contribution is 5.72. The lowest BCUT2D eigenvalue weighted by Gasteiger charge is -2.33. The second kappa shape index (κ2) is 6.75. The molecular formula is C16H25N3O. The van der Waals surface area contributed by atoms with Crippen LogP contribution >= 0.6 is 0 Å². The number of urea groups is 1.